The number of aromatic nitrogens is 3. The van der Waals surface area contributed by atoms with Crippen LogP contribution in [0.1, 0.15) is 32.1 Å². The molecule has 2 aromatic heterocycles. The summed E-state index contributed by atoms with van der Waals surface area (Å²) in [4.78, 5) is 16.1. The second-order valence-electron chi connectivity index (χ2n) is 10.5. The number of hydrogen-bond donors (Lipinski definition) is 2. The summed E-state index contributed by atoms with van der Waals surface area (Å²) in [5.74, 6) is 1.29. The SMILES string of the molecule is Oc1cc(-c2ncc3c(NCC4CCOCC4)nc(OC4=C5CCCN5CC4)nc3c2F)c2ccccc2c1. The van der Waals surface area contributed by atoms with E-state index < -0.39 is 5.82 Å². The Hall–Kier alpha value is -3.98. The van der Waals surface area contributed by atoms with Gasteiger partial charge in [0.15, 0.2) is 5.82 Å². The van der Waals surface area contributed by atoms with Crippen LogP contribution in [0.25, 0.3) is 32.9 Å². The minimum absolute atomic E-state index is 0.0475. The standard InChI is InChI=1S/C30H30FN5O3/c31-26-27(22-15-20(37)14-19-4-1-2-5-21(19)22)32-17-23-28(26)34-30(39-25-7-11-36-10-3-6-24(25)36)35-29(23)33-16-18-8-12-38-13-9-18/h1-2,4-5,14-15,17-18,37H,3,6-13,16H2,(H,33,34,35). The minimum Gasteiger partial charge on any atom is -0.508 e. The largest absolute Gasteiger partial charge is 0.508 e. The molecule has 0 atom stereocenters. The molecule has 0 spiro atoms. The number of fused-ring (bicyclic) bond motifs is 3. The summed E-state index contributed by atoms with van der Waals surface area (Å²) in [6, 6.07) is 10.9. The third kappa shape index (κ3) is 4.50. The topological polar surface area (TPSA) is 92.6 Å². The van der Waals surface area contributed by atoms with Gasteiger partial charge in [-0.15, -0.1) is 0 Å². The second kappa shape index (κ2) is 9.96. The highest BCUT2D eigenvalue weighted by Gasteiger charge is 2.29. The highest BCUT2D eigenvalue weighted by Crippen LogP contribution is 2.37. The van der Waals surface area contributed by atoms with Crippen molar-refractivity contribution in [1.29, 1.82) is 0 Å². The lowest BCUT2D eigenvalue weighted by molar-refractivity contribution is 0.0699. The predicted molar refractivity (Wildman–Crippen MR) is 147 cm³/mol. The van der Waals surface area contributed by atoms with E-state index in [1.807, 2.05) is 24.3 Å². The Morgan fingerprint density at radius 3 is 2.85 bits per heavy atom. The van der Waals surface area contributed by atoms with Crippen LogP contribution in [0.3, 0.4) is 0 Å². The number of anilines is 1. The summed E-state index contributed by atoms with van der Waals surface area (Å²) in [5.41, 5.74) is 1.97. The molecule has 0 amide bonds. The summed E-state index contributed by atoms with van der Waals surface area (Å²) in [6.45, 7) is 4.16. The zero-order valence-electron chi connectivity index (χ0n) is 21.6. The van der Waals surface area contributed by atoms with E-state index in [0.717, 1.165) is 74.9 Å². The second-order valence-corrected chi connectivity index (χ2v) is 10.5. The minimum atomic E-state index is -0.573. The quantitative estimate of drug-likeness (QED) is 0.334. The smallest absolute Gasteiger partial charge is 0.324 e. The molecule has 8 nitrogen and oxygen atoms in total. The van der Waals surface area contributed by atoms with Gasteiger partial charge < -0.3 is 24.8 Å². The lowest BCUT2D eigenvalue weighted by Crippen LogP contribution is -2.23. The molecule has 4 aromatic rings. The van der Waals surface area contributed by atoms with Gasteiger partial charge in [-0.3, -0.25) is 4.98 Å². The van der Waals surface area contributed by atoms with E-state index in [-0.39, 0.29) is 23.0 Å². The van der Waals surface area contributed by atoms with E-state index in [1.165, 1.54) is 5.70 Å². The molecular formula is C30H30FN5O3. The molecule has 0 aliphatic carbocycles. The van der Waals surface area contributed by atoms with E-state index in [4.69, 9.17) is 14.5 Å². The van der Waals surface area contributed by atoms with Crippen LogP contribution in [0.5, 0.6) is 11.8 Å². The predicted octanol–water partition coefficient (Wildman–Crippen LogP) is 5.62. The summed E-state index contributed by atoms with van der Waals surface area (Å²) < 4.78 is 28.1. The van der Waals surface area contributed by atoms with Crippen LogP contribution in [0, 0.1) is 11.7 Å². The Bertz CT molecular complexity index is 1600. The zero-order valence-corrected chi connectivity index (χ0v) is 21.6. The first-order valence-corrected chi connectivity index (χ1v) is 13.7. The van der Waals surface area contributed by atoms with E-state index in [0.29, 0.717) is 29.2 Å². The van der Waals surface area contributed by atoms with Gasteiger partial charge in [-0.05, 0) is 54.5 Å². The van der Waals surface area contributed by atoms with Crippen molar-refractivity contribution in [1.82, 2.24) is 19.9 Å². The normalized spacial score (nSPS) is 17.8. The highest BCUT2D eigenvalue weighted by atomic mass is 19.1. The van der Waals surface area contributed by atoms with Gasteiger partial charge in [-0.1, -0.05) is 24.3 Å². The lowest BCUT2D eigenvalue weighted by atomic mass is 10.00. The molecule has 200 valence electrons. The number of rotatable bonds is 6. The van der Waals surface area contributed by atoms with Crippen LogP contribution in [0.4, 0.5) is 10.2 Å². The molecule has 0 unspecified atom stereocenters. The fraction of sp³-hybridized carbons (Fsp3) is 0.367. The molecule has 39 heavy (non-hydrogen) atoms. The summed E-state index contributed by atoms with van der Waals surface area (Å²) in [5, 5.41) is 15.9. The number of phenols is 1. The lowest BCUT2D eigenvalue weighted by Gasteiger charge is -2.23. The summed E-state index contributed by atoms with van der Waals surface area (Å²) in [7, 11) is 0. The van der Waals surface area contributed by atoms with Crippen molar-refractivity contribution in [2.45, 2.75) is 32.1 Å². The number of allylic oxidation sites excluding steroid dienone is 1. The van der Waals surface area contributed by atoms with Crippen molar-refractivity contribution in [3.63, 3.8) is 0 Å². The van der Waals surface area contributed by atoms with Crippen LogP contribution in [0.15, 0.2) is 54.1 Å². The number of halogens is 1. The Kier molecular flexibility index (Phi) is 6.15. The molecule has 2 fully saturated rings. The summed E-state index contributed by atoms with van der Waals surface area (Å²) in [6.07, 6.45) is 6.42. The van der Waals surface area contributed by atoms with Crippen LogP contribution in [0.2, 0.25) is 0 Å². The first kappa shape index (κ1) is 24.1. The van der Waals surface area contributed by atoms with Crippen molar-refractivity contribution >= 4 is 27.5 Å². The Morgan fingerprint density at radius 2 is 1.95 bits per heavy atom. The van der Waals surface area contributed by atoms with Crippen molar-refractivity contribution < 1.29 is 19.0 Å². The Morgan fingerprint density at radius 1 is 1.08 bits per heavy atom. The third-order valence-electron chi connectivity index (χ3n) is 8.03. The average molecular weight is 528 g/mol. The van der Waals surface area contributed by atoms with Crippen molar-refractivity contribution in [2.75, 3.05) is 38.2 Å². The zero-order chi connectivity index (χ0) is 26.3. The maximum absolute atomic E-state index is 16.3. The number of benzene rings is 2. The molecular weight excluding hydrogens is 497 g/mol. The molecule has 2 N–H and O–H groups in total. The van der Waals surface area contributed by atoms with Crippen molar-refractivity contribution in [2.24, 2.45) is 5.92 Å². The molecule has 2 saturated heterocycles. The number of ether oxygens (including phenoxy) is 2. The molecule has 3 aliphatic heterocycles. The van der Waals surface area contributed by atoms with Crippen LogP contribution in [-0.4, -0.2) is 57.8 Å². The number of phenolic OH excluding ortho intramolecular Hbond substituents is 1. The van der Waals surface area contributed by atoms with E-state index in [2.05, 4.69) is 20.2 Å². The first-order chi connectivity index (χ1) is 19.1. The van der Waals surface area contributed by atoms with Crippen LogP contribution in [-0.2, 0) is 4.74 Å². The number of aromatic hydroxyl groups is 1. The van der Waals surface area contributed by atoms with Gasteiger partial charge >= 0.3 is 6.01 Å². The first-order valence-electron chi connectivity index (χ1n) is 13.7. The van der Waals surface area contributed by atoms with E-state index >= 15 is 4.39 Å². The number of hydrogen-bond acceptors (Lipinski definition) is 8. The van der Waals surface area contributed by atoms with Gasteiger partial charge in [0.05, 0.1) is 11.1 Å². The van der Waals surface area contributed by atoms with E-state index in [1.54, 1.807) is 18.3 Å². The Balaban J connectivity index is 1.33. The number of nitrogens with zero attached hydrogens (tertiary/aromatic N) is 4. The van der Waals surface area contributed by atoms with Gasteiger partial charge in [0.25, 0.3) is 0 Å². The Labute approximate surface area is 225 Å². The summed E-state index contributed by atoms with van der Waals surface area (Å²) >= 11 is 0. The fourth-order valence-electron chi connectivity index (χ4n) is 5.98. The van der Waals surface area contributed by atoms with Gasteiger partial charge in [-0.2, -0.15) is 9.97 Å². The molecule has 7 rings (SSSR count). The molecule has 5 heterocycles. The van der Waals surface area contributed by atoms with Gasteiger partial charge in [0, 0.05) is 51.0 Å². The average Bonchev–Trinajstić information content (AvgIpc) is 3.58. The fourth-order valence-corrected chi connectivity index (χ4v) is 5.98. The van der Waals surface area contributed by atoms with Crippen molar-refractivity contribution in [3.8, 4) is 23.0 Å². The maximum atomic E-state index is 16.3. The number of nitrogens with one attached hydrogen (secondary N) is 1. The van der Waals surface area contributed by atoms with Crippen LogP contribution >= 0.6 is 0 Å². The third-order valence-corrected chi connectivity index (χ3v) is 8.03. The molecule has 3 aliphatic rings. The van der Waals surface area contributed by atoms with Gasteiger partial charge in [0.2, 0.25) is 0 Å². The maximum Gasteiger partial charge on any atom is 0.324 e. The number of pyridine rings is 1. The van der Waals surface area contributed by atoms with Crippen LogP contribution < -0.4 is 10.1 Å². The molecule has 0 saturated carbocycles. The van der Waals surface area contributed by atoms with E-state index in [9.17, 15) is 5.11 Å². The molecule has 0 bridgehead atoms. The molecule has 0 radical (unpaired) electrons. The van der Waals surface area contributed by atoms with Gasteiger partial charge in [0.1, 0.15) is 28.5 Å². The van der Waals surface area contributed by atoms with Gasteiger partial charge in [-0.25, -0.2) is 4.39 Å². The highest BCUT2D eigenvalue weighted by molar-refractivity contribution is 5.99. The monoisotopic (exact) mass is 527 g/mol. The molecule has 2 aromatic carbocycles. The molecule has 9 heteroatoms. The van der Waals surface area contributed by atoms with Crippen molar-refractivity contribution in [3.05, 3.63) is 59.9 Å².